The topological polar surface area (TPSA) is 20.2 Å². The molecule has 0 atom stereocenters. The van der Waals surface area contributed by atoms with Crippen LogP contribution in [0.15, 0.2) is 0 Å². The maximum atomic E-state index is 10.00. The fourth-order valence-electron chi connectivity index (χ4n) is 0.365. The Morgan fingerprint density at radius 2 is 1.67 bits per heavy atom. The van der Waals surface area contributed by atoms with Gasteiger partial charge < -0.3 is 0 Å². The van der Waals surface area contributed by atoms with Gasteiger partial charge in [0.25, 0.3) is 0 Å². The summed E-state index contributed by atoms with van der Waals surface area (Å²) in [4.78, 5) is 10.00. The zero-order valence-electron chi connectivity index (χ0n) is 7.18. The summed E-state index contributed by atoms with van der Waals surface area (Å²) in [6.07, 6.45) is 0.934. The molecule has 0 saturated heterocycles. The van der Waals surface area contributed by atoms with Crippen LogP contribution in [0.25, 0.3) is 0 Å². The molecule has 0 rings (SSSR count). The predicted octanol–water partition coefficient (Wildman–Crippen LogP) is 2.13. The Bertz CT molecular complexity index is 99.2. The molecule has 0 unspecified atom stereocenters. The van der Waals surface area contributed by atoms with Gasteiger partial charge in [-0.2, -0.15) is 0 Å². The van der Waals surface area contributed by atoms with E-state index >= 15 is 0 Å². The summed E-state index contributed by atoms with van der Waals surface area (Å²) in [6, 6.07) is 0. The van der Waals surface area contributed by atoms with E-state index in [1.807, 2.05) is 13.3 Å². The number of hydrogen-bond acceptors (Lipinski definition) is 1. The molecular formula is C7H19OP. The van der Waals surface area contributed by atoms with E-state index in [0.29, 0.717) is 5.66 Å². The minimum absolute atomic E-state index is 0.445. The molecule has 0 heterocycles. The third-order valence-electron chi connectivity index (χ3n) is 2.59. The van der Waals surface area contributed by atoms with Crippen LogP contribution < -0.4 is 0 Å². The van der Waals surface area contributed by atoms with Gasteiger partial charge in [0.15, 0.2) is 0 Å². The van der Waals surface area contributed by atoms with E-state index in [-0.39, 0.29) is 0 Å². The molecule has 0 spiro atoms. The van der Waals surface area contributed by atoms with Crippen LogP contribution in [0.5, 0.6) is 0 Å². The van der Waals surface area contributed by atoms with Crippen LogP contribution in [0.2, 0.25) is 0 Å². The third-order valence-corrected chi connectivity index (χ3v) is 7.76. The number of rotatable bonds is 2. The Morgan fingerprint density at radius 3 is 1.67 bits per heavy atom. The predicted molar refractivity (Wildman–Crippen MR) is 46.7 cm³/mol. The first-order valence-electron chi connectivity index (χ1n) is 3.53. The molecule has 0 bridgehead atoms. The second-order valence-corrected chi connectivity index (χ2v) is 10.4. The van der Waals surface area contributed by atoms with Gasteiger partial charge >= 0.3 is 57.6 Å². The van der Waals surface area contributed by atoms with Gasteiger partial charge in [0, 0.05) is 0 Å². The van der Waals surface area contributed by atoms with E-state index in [1.165, 1.54) is 0 Å². The van der Waals surface area contributed by atoms with Gasteiger partial charge in [-0.3, -0.25) is 0 Å². The van der Waals surface area contributed by atoms with Crippen molar-refractivity contribution in [2.75, 3.05) is 19.5 Å². The monoisotopic (exact) mass is 150 g/mol. The average Bonchev–Trinajstić information content (AvgIpc) is 1.66. The molecule has 0 amide bonds. The molecule has 0 aromatic carbocycles. The maximum absolute atomic E-state index is 10.00. The molecule has 0 saturated carbocycles. The molecule has 1 N–H and O–H groups in total. The Balaban J connectivity index is 4.30. The van der Waals surface area contributed by atoms with Crippen molar-refractivity contribution in [2.45, 2.75) is 26.4 Å². The SMILES string of the molecule is CCP(C)(C)(O)C(C)C. The minimum atomic E-state index is -2.21. The summed E-state index contributed by atoms with van der Waals surface area (Å²) >= 11 is 0. The molecule has 0 aromatic rings. The van der Waals surface area contributed by atoms with Crippen LogP contribution in [0.1, 0.15) is 20.8 Å². The van der Waals surface area contributed by atoms with Crippen molar-refractivity contribution in [1.29, 1.82) is 0 Å². The van der Waals surface area contributed by atoms with Crippen molar-refractivity contribution in [3.63, 3.8) is 0 Å². The Labute approximate surface area is 58.5 Å². The van der Waals surface area contributed by atoms with Crippen LogP contribution >= 0.6 is 6.83 Å². The van der Waals surface area contributed by atoms with Crippen molar-refractivity contribution < 1.29 is 4.89 Å². The molecule has 0 aliphatic rings. The van der Waals surface area contributed by atoms with Crippen molar-refractivity contribution in [2.24, 2.45) is 0 Å². The van der Waals surface area contributed by atoms with E-state index < -0.39 is 6.83 Å². The van der Waals surface area contributed by atoms with E-state index in [4.69, 9.17) is 0 Å². The molecule has 0 aromatic heterocycles. The number of hydrogen-bond donors (Lipinski definition) is 1. The quantitative estimate of drug-likeness (QED) is 0.598. The van der Waals surface area contributed by atoms with Crippen molar-refractivity contribution >= 4 is 6.83 Å². The van der Waals surface area contributed by atoms with E-state index in [1.54, 1.807) is 0 Å². The van der Waals surface area contributed by atoms with Gasteiger partial charge in [-0.1, -0.05) is 0 Å². The summed E-state index contributed by atoms with van der Waals surface area (Å²) in [7, 11) is 0. The Hall–Kier alpha value is 0.390. The average molecular weight is 150 g/mol. The zero-order chi connectivity index (χ0) is 7.73. The summed E-state index contributed by atoms with van der Waals surface area (Å²) in [5, 5.41) is 0. The van der Waals surface area contributed by atoms with E-state index in [9.17, 15) is 4.89 Å². The second-order valence-electron chi connectivity index (χ2n) is 3.85. The van der Waals surface area contributed by atoms with Gasteiger partial charge in [0.05, 0.1) is 0 Å². The molecule has 0 aliphatic heterocycles. The standard InChI is InChI=1S/C7H19OP/c1-6-9(4,5,8)7(2)3/h7-8H,6H2,1-5H3. The van der Waals surface area contributed by atoms with Crippen LogP contribution in [0.3, 0.4) is 0 Å². The van der Waals surface area contributed by atoms with Crippen molar-refractivity contribution in [1.82, 2.24) is 0 Å². The van der Waals surface area contributed by atoms with Crippen LogP contribution in [0, 0.1) is 0 Å². The second kappa shape index (κ2) is 2.21. The van der Waals surface area contributed by atoms with E-state index in [2.05, 4.69) is 20.8 Å². The molecular weight excluding hydrogens is 131 g/mol. The molecule has 58 valence electrons. The summed E-state index contributed by atoms with van der Waals surface area (Å²) in [5.74, 6) is 0. The fraction of sp³-hybridized carbons (Fsp3) is 1.00. The molecule has 9 heavy (non-hydrogen) atoms. The summed E-state index contributed by atoms with van der Waals surface area (Å²) in [6.45, 7) is 8.10. The Morgan fingerprint density at radius 1 is 1.33 bits per heavy atom. The van der Waals surface area contributed by atoms with Crippen molar-refractivity contribution in [3.8, 4) is 0 Å². The Kier molecular flexibility index (Phi) is 2.31. The third kappa shape index (κ3) is 2.23. The molecule has 0 aliphatic carbocycles. The van der Waals surface area contributed by atoms with Gasteiger partial charge in [0.1, 0.15) is 0 Å². The van der Waals surface area contributed by atoms with Crippen LogP contribution in [0.4, 0.5) is 0 Å². The van der Waals surface area contributed by atoms with Gasteiger partial charge in [-0.05, 0) is 0 Å². The molecule has 2 heteroatoms. The van der Waals surface area contributed by atoms with Gasteiger partial charge in [-0.25, -0.2) is 0 Å². The first kappa shape index (κ1) is 9.39. The van der Waals surface area contributed by atoms with Gasteiger partial charge in [-0.15, -0.1) is 0 Å². The first-order chi connectivity index (χ1) is 3.78. The zero-order valence-corrected chi connectivity index (χ0v) is 8.07. The normalized spacial score (nSPS) is 17.4. The van der Waals surface area contributed by atoms with Gasteiger partial charge in [0.2, 0.25) is 0 Å². The summed E-state index contributed by atoms with van der Waals surface area (Å²) in [5.41, 5.74) is 0.445. The fourth-order valence-corrected chi connectivity index (χ4v) is 1.10. The van der Waals surface area contributed by atoms with Crippen LogP contribution in [-0.2, 0) is 0 Å². The van der Waals surface area contributed by atoms with Crippen LogP contribution in [-0.4, -0.2) is 30.0 Å². The molecule has 0 radical (unpaired) electrons. The first-order valence-corrected chi connectivity index (χ1v) is 6.87. The summed E-state index contributed by atoms with van der Waals surface area (Å²) < 4.78 is 0. The molecule has 0 fully saturated rings. The van der Waals surface area contributed by atoms with Crippen molar-refractivity contribution in [3.05, 3.63) is 0 Å². The van der Waals surface area contributed by atoms with E-state index in [0.717, 1.165) is 6.16 Å². The molecule has 1 nitrogen and oxygen atoms in total.